The summed E-state index contributed by atoms with van der Waals surface area (Å²) in [6.07, 6.45) is 5.14. The van der Waals surface area contributed by atoms with E-state index >= 15 is 0 Å². The van der Waals surface area contributed by atoms with Gasteiger partial charge in [0.1, 0.15) is 12.1 Å². The summed E-state index contributed by atoms with van der Waals surface area (Å²) in [5.41, 5.74) is 0. The second-order valence-electron chi connectivity index (χ2n) is 4.59. The van der Waals surface area contributed by atoms with Crippen molar-refractivity contribution in [1.82, 2.24) is 24.6 Å². The molecule has 3 heterocycles. The van der Waals surface area contributed by atoms with Crippen LogP contribution in [-0.4, -0.2) is 64.0 Å². The fourth-order valence-electron chi connectivity index (χ4n) is 2.14. The molecular weight excluding hydrogens is 256 g/mol. The maximum Gasteiger partial charge on any atom is 0.158 e. The van der Waals surface area contributed by atoms with Crippen LogP contribution in [0.15, 0.2) is 30.9 Å². The SMILES string of the molecule is c1cnn(-c2cc(NCCN3CCOCC3)ncn2)c1. The van der Waals surface area contributed by atoms with Crippen LogP contribution in [0.3, 0.4) is 0 Å². The van der Waals surface area contributed by atoms with Crippen LogP contribution >= 0.6 is 0 Å². The molecule has 1 N–H and O–H groups in total. The molecule has 0 aliphatic carbocycles. The van der Waals surface area contributed by atoms with Gasteiger partial charge in [0, 0.05) is 44.6 Å². The Balaban J connectivity index is 1.53. The largest absolute Gasteiger partial charge is 0.379 e. The first-order chi connectivity index (χ1) is 9.92. The third-order valence-electron chi connectivity index (χ3n) is 3.23. The van der Waals surface area contributed by atoms with Crippen LogP contribution in [0.5, 0.6) is 0 Å². The first-order valence-electron chi connectivity index (χ1n) is 6.78. The molecule has 0 amide bonds. The van der Waals surface area contributed by atoms with Gasteiger partial charge in [0.25, 0.3) is 0 Å². The fraction of sp³-hybridized carbons (Fsp3) is 0.462. The molecule has 0 aromatic carbocycles. The minimum atomic E-state index is 0.763. The van der Waals surface area contributed by atoms with Crippen molar-refractivity contribution in [1.29, 1.82) is 0 Å². The van der Waals surface area contributed by atoms with Crippen LogP contribution in [0.2, 0.25) is 0 Å². The van der Waals surface area contributed by atoms with Gasteiger partial charge in [-0.25, -0.2) is 14.6 Å². The number of nitrogens with zero attached hydrogens (tertiary/aromatic N) is 5. The van der Waals surface area contributed by atoms with E-state index in [0.717, 1.165) is 51.0 Å². The van der Waals surface area contributed by atoms with Crippen molar-refractivity contribution >= 4 is 5.82 Å². The maximum atomic E-state index is 5.33. The summed E-state index contributed by atoms with van der Waals surface area (Å²) in [5.74, 6) is 1.58. The Hall–Kier alpha value is -1.99. The standard InChI is InChI=1S/C13H18N6O/c1-2-17-19(4-1)13-10-12(15-11-16-13)14-3-5-18-6-8-20-9-7-18/h1-2,4,10-11H,3,5-9H2,(H,14,15,16). The molecule has 2 aromatic rings. The number of ether oxygens (including phenoxy) is 1. The topological polar surface area (TPSA) is 68.1 Å². The normalized spacial score (nSPS) is 16.2. The summed E-state index contributed by atoms with van der Waals surface area (Å²) in [4.78, 5) is 10.8. The smallest absolute Gasteiger partial charge is 0.158 e. The molecule has 0 bridgehead atoms. The average molecular weight is 274 g/mol. The maximum absolute atomic E-state index is 5.33. The number of morpholine rings is 1. The minimum Gasteiger partial charge on any atom is -0.379 e. The molecule has 7 heteroatoms. The van der Waals surface area contributed by atoms with E-state index in [2.05, 4.69) is 25.3 Å². The van der Waals surface area contributed by atoms with Crippen molar-refractivity contribution in [2.75, 3.05) is 44.7 Å². The van der Waals surface area contributed by atoms with Gasteiger partial charge in [-0.3, -0.25) is 4.90 Å². The predicted octanol–water partition coefficient (Wildman–Crippen LogP) is 0.406. The van der Waals surface area contributed by atoms with Gasteiger partial charge in [-0.2, -0.15) is 5.10 Å². The second kappa shape index (κ2) is 6.44. The van der Waals surface area contributed by atoms with Crippen molar-refractivity contribution in [2.45, 2.75) is 0 Å². The highest BCUT2D eigenvalue weighted by Gasteiger charge is 2.09. The Morgan fingerprint density at radius 1 is 1.25 bits per heavy atom. The van der Waals surface area contributed by atoms with Gasteiger partial charge in [-0.1, -0.05) is 0 Å². The van der Waals surface area contributed by atoms with Gasteiger partial charge in [-0.15, -0.1) is 0 Å². The molecular formula is C13H18N6O. The van der Waals surface area contributed by atoms with Crippen molar-refractivity contribution < 1.29 is 4.74 Å². The Morgan fingerprint density at radius 2 is 2.15 bits per heavy atom. The molecule has 0 atom stereocenters. The third-order valence-corrected chi connectivity index (χ3v) is 3.23. The number of aromatic nitrogens is 4. The Kier molecular flexibility index (Phi) is 4.19. The zero-order valence-electron chi connectivity index (χ0n) is 11.3. The Morgan fingerprint density at radius 3 is 2.95 bits per heavy atom. The lowest BCUT2D eigenvalue weighted by molar-refractivity contribution is 0.0398. The summed E-state index contributed by atoms with van der Waals surface area (Å²) in [5, 5.41) is 7.48. The van der Waals surface area contributed by atoms with E-state index in [1.54, 1.807) is 17.2 Å². The highest BCUT2D eigenvalue weighted by atomic mass is 16.5. The molecule has 2 aromatic heterocycles. The van der Waals surface area contributed by atoms with Gasteiger partial charge < -0.3 is 10.1 Å². The zero-order chi connectivity index (χ0) is 13.6. The van der Waals surface area contributed by atoms with Gasteiger partial charge in [0.15, 0.2) is 5.82 Å². The molecule has 0 radical (unpaired) electrons. The first-order valence-corrected chi connectivity index (χ1v) is 6.78. The van der Waals surface area contributed by atoms with Crippen LogP contribution in [0.25, 0.3) is 5.82 Å². The fourth-order valence-corrected chi connectivity index (χ4v) is 2.14. The molecule has 1 saturated heterocycles. The summed E-state index contributed by atoms with van der Waals surface area (Å²) in [7, 11) is 0. The molecule has 0 saturated carbocycles. The number of rotatable bonds is 5. The third kappa shape index (κ3) is 3.31. The van der Waals surface area contributed by atoms with Gasteiger partial charge >= 0.3 is 0 Å². The van der Waals surface area contributed by atoms with Gasteiger partial charge in [0.2, 0.25) is 0 Å². The lowest BCUT2D eigenvalue weighted by Crippen LogP contribution is -2.39. The van der Waals surface area contributed by atoms with E-state index in [4.69, 9.17) is 4.74 Å². The molecule has 0 unspecified atom stereocenters. The number of nitrogens with one attached hydrogen (secondary N) is 1. The first kappa shape index (κ1) is 13.0. The summed E-state index contributed by atoms with van der Waals surface area (Å²) >= 11 is 0. The summed E-state index contributed by atoms with van der Waals surface area (Å²) in [6, 6.07) is 3.76. The molecule has 1 fully saturated rings. The summed E-state index contributed by atoms with van der Waals surface area (Å²) in [6.45, 7) is 5.52. The van der Waals surface area contributed by atoms with Gasteiger partial charge in [-0.05, 0) is 6.07 Å². The molecule has 1 aliphatic rings. The van der Waals surface area contributed by atoms with E-state index in [1.807, 2.05) is 18.3 Å². The van der Waals surface area contributed by atoms with E-state index in [0.29, 0.717) is 0 Å². The molecule has 106 valence electrons. The van der Waals surface area contributed by atoms with E-state index < -0.39 is 0 Å². The van der Waals surface area contributed by atoms with Crippen LogP contribution in [0.4, 0.5) is 5.82 Å². The lowest BCUT2D eigenvalue weighted by Gasteiger charge is -2.26. The van der Waals surface area contributed by atoms with E-state index in [-0.39, 0.29) is 0 Å². The zero-order valence-corrected chi connectivity index (χ0v) is 11.3. The molecule has 20 heavy (non-hydrogen) atoms. The van der Waals surface area contributed by atoms with Crippen LogP contribution in [0, 0.1) is 0 Å². The quantitative estimate of drug-likeness (QED) is 0.851. The minimum absolute atomic E-state index is 0.763. The molecule has 1 aliphatic heterocycles. The highest BCUT2D eigenvalue weighted by Crippen LogP contribution is 2.07. The number of hydrogen-bond acceptors (Lipinski definition) is 6. The number of anilines is 1. The monoisotopic (exact) mass is 274 g/mol. The van der Waals surface area contributed by atoms with Crippen molar-refractivity contribution in [3.8, 4) is 5.82 Å². The average Bonchev–Trinajstić information content (AvgIpc) is 3.03. The lowest BCUT2D eigenvalue weighted by atomic mass is 10.4. The van der Waals surface area contributed by atoms with E-state index in [1.165, 1.54) is 0 Å². The van der Waals surface area contributed by atoms with Crippen LogP contribution < -0.4 is 5.32 Å². The van der Waals surface area contributed by atoms with E-state index in [9.17, 15) is 0 Å². The van der Waals surface area contributed by atoms with Crippen molar-refractivity contribution in [3.05, 3.63) is 30.9 Å². The molecule has 3 rings (SSSR count). The Bertz CT molecular complexity index is 523. The number of hydrogen-bond donors (Lipinski definition) is 1. The molecule has 7 nitrogen and oxygen atoms in total. The second-order valence-corrected chi connectivity index (χ2v) is 4.59. The molecule has 0 spiro atoms. The van der Waals surface area contributed by atoms with Crippen molar-refractivity contribution in [2.24, 2.45) is 0 Å². The predicted molar refractivity (Wildman–Crippen MR) is 74.9 cm³/mol. The summed E-state index contributed by atoms with van der Waals surface area (Å²) < 4.78 is 7.05. The van der Waals surface area contributed by atoms with Crippen LogP contribution in [-0.2, 0) is 4.74 Å². The Labute approximate surface area is 117 Å². The van der Waals surface area contributed by atoms with Crippen LogP contribution in [0.1, 0.15) is 0 Å². The van der Waals surface area contributed by atoms with Crippen molar-refractivity contribution in [3.63, 3.8) is 0 Å². The van der Waals surface area contributed by atoms with Gasteiger partial charge in [0.05, 0.1) is 13.2 Å². The highest BCUT2D eigenvalue weighted by molar-refractivity contribution is 5.39.